The topological polar surface area (TPSA) is 103 Å². The number of likely N-dealkylation sites (tertiary alicyclic amines) is 1. The molecule has 132 valence electrons. The molecule has 0 bridgehead atoms. The molecular formula is C15H24N6O3. The lowest BCUT2D eigenvalue weighted by Gasteiger charge is -2.30. The number of H-pyrrole nitrogens is 1. The minimum Gasteiger partial charge on any atom is -0.378 e. The molecule has 0 unspecified atom stereocenters. The van der Waals surface area contributed by atoms with Gasteiger partial charge in [-0.15, -0.1) is 0 Å². The molecule has 0 aromatic carbocycles. The second-order valence-corrected chi connectivity index (χ2v) is 6.31. The zero-order chi connectivity index (χ0) is 16.9. The van der Waals surface area contributed by atoms with Crippen LogP contribution in [0.3, 0.4) is 0 Å². The van der Waals surface area contributed by atoms with Crippen LogP contribution < -0.4 is 5.32 Å². The van der Waals surface area contributed by atoms with Crippen LogP contribution in [0.25, 0.3) is 0 Å². The van der Waals surface area contributed by atoms with E-state index >= 15 is 0 Å². The largest absolute Gasteiger partial charge is 0.378 e. The van der Waals surface area contributed by atoms with Gasteiger partial charge in [0, 0.05) is 38.1 Å². The van der Waals surface area contributed by atoms with Crippen molar-refractivity contribution < 1.29 is 14.3 Å². The van der Waals surface area contributed by atoms with Gasteiger partial charge >= 0.3 is 0 Å². The van der Waals surface area contributed by atoms with Crippen LogP contribution in [-0.2, 0) is 9.53 Å². The maximum absolute atomic E-state index is 12.4. The van der Waals surface area contributed by atoms with Crippen LogP contribution in [0.15, 0.2) is 6.20 Å². The molecule has 2 saturated heterocycles. The smallest absolute Gasteiger partial charge is 0.273 e. The van der Waals surface area contributed by atoms with Gasteiger partial charge in [-0.05, 0) is 19.9 Å². The fraction of sp³-hybridized carbons (Fsp3) is 0.733. The van der Waals surface area contributed by atoms with Crippen LogP contribution in [-0.4, -0.2) is 89.0 Å². The molecule has 0 spiro atoms. The van der Waals surface area contributed by atoms with Crippen molar-refractivity contribution in [1.29, 1.82) is 0 Å². The number of aromatic amines is 1. The summed E-state index contributed by atoms with van der Waals surface area (Å²) in [6.45, 7) is 3.18. The van der Waals surface area contributed by atoms with Crippen molar-refractivity contribution in [1.82, 2.24) is 30.5 Å². The van der Waals surface area contributed by atoms with Crippen molar-refractivity contribution in [3.05, 3.63) is 11.9 Å². The molecule has 9 heteroatoms. The standard InChI is InChI=1S/C15H24N6O3/c1-20-11(8-14(22)21-4-6-24-7-5-21)2-3-12(20)9-16-15(23)13-10-17-19-18-13/h10-12H,2-9H2,1H3,(H,16,23)(H,17,18,19)/t11-,12+/m1/s1. The molecule has 3 heterocycles. The number of ether oxygens (including phenoxy) is 1. The number of nitrogens with one attached hydrogen (secondary N) is 2. The molecule has 2 amide bonds. The lowest BCUT2D eigenvalue weighted by Crippen LogP contribution is -2.45. The first-order valence-electron chi connectivity index (χ1n) is 8.36. The zero-order valence-electron chi connectivity index (χ0n) is 13.9. The molecule has 2 aliphatic rings. The quantitative estimate of drug-likeness (QED) is 0.733. The number of hydrogen-bond acceptors (Lipinski definition) is 6. The summed E-state index contributed by atoms with van der Waals surface area (Å²) in [7, 11) is 2.02. The van der Waals surface area contributed by atoms with Gasteiger partial charge in [-0.2, -0.15) is 15.4 Å². The van der Waals surface area contributed by atoms with E-state index < -0.39 is 0 Å². The van der Waals surface area contributed by atoms with Gasteiger partial charge in [-0.3, -0.25) is 14.5 Å². The van der Waals surface area contributed by atoms with Crippen molar-refractivity contribution >= 4 is 11.8 Å². The van der Waals surface area contributed by atoms with Crippen LogP contribution in [0, 0.1) is 0 Å². The Bertz CT molecular complexity index is 558. The molecule has 3 rings (SSSR count). The van der Waals surface area contributed by atoms with Gasteiger partial charge < -0.3 is 15.0 Å². The Kier molecular flexibility index (Phi) is 5.41. The third kappa shape index (κ3) is 3.90. The van der Waals surface area contributed by atoms with Crippen LogP contribution in [0.5, 0.6) is 0 Å². The van der Waals surface area contributed by atoms with Crippen molar-refractivity contribution in [2.75, 3.05) is 39.9 Å². The van der Waals surface area contributed by atoms with Crippen molar-refractivity contribution in [2.45, 2.75) is 31.3 Å². The molecule has 2 atom stereocenters. The van der Waals surface area contributed by atoms with Crippen LogP contribution in [0.4, 0.5) is 0 Å². The molecule has 2 N–H and O–H groups in total. The Morgan fingerprint density at radius 3 is 2.79 bits per heavy atom. The van der Waals surface area contributed by atoms with Gasteiger partial charge in [0.25, 0.3) is 5.91 Å². The Morgan fingerprint density at radius 1 is 1.33 bits per heavy atom. The highest BCUT2D eigenvalue weighted by molar-refractivity contribution is 5.91. The molecule has 9 nitrogen and oxygen atoms in total. The van der Waals surface area contributed by atoms with E-state index in [2.05, 4.69) is 25.6 Å². The monoisotopic (exact) mass is 336 g/mol. The highest BCUT2D eigenvalue weighted by Gasteiger charge is 2.33. The minimum atomic E-state index is -0.231. The van der Waals surface area contributed by atoms with E-state index in [4.69, 9.17) is 4.74 Å². The summed E-state index contributed by atoms with van der Waals surface area (Å²) in [5.74, 6) is -0.0348. The van der Waals surface area contributed by atoms with E-state index in [-0.39, 0.29) is 29.6 Å². The third-order valence-electron chi connectivity index (χ3n) is 4.90. The Hall–Kier alpha value is -2.00. The minimum absolute atomic E-state index is 0.197. The van der Waals surface area contributed by atoms with Gasteiger partial charge in [-0.1, -0.05) is 0 Å². The molecular weight excluding hydrogens is 312 g/mol. The summed E-state index contributed by atoms with van der Waals surface area (Å²) in [5.41, 5.74) is 0.287. The lowest BCUT2D eigenvalue weighted by atomic mass is 10.1. The molecule has 0 saturated carbocycles. The maximum Gasteiger partial charge on any atom is 0.273 e. The van der Waals surface area contributed by atoms with E-state index in [1.165, 1.54) is 6.20 Å². The van der Waals surface area contributed by atoms with Crippen LogP contribution in [0.1, 0.15) is 29.8 Å². The second-order valence-electron chi connectivity index (χ2n) is 6.31. The summed E-state index contributed by atoms with van der Waals surface area (Å²) in [6.07, 6.45) is 3.87. The lowest BCUT2D eigenvalue weighted by molar-refractivity contribution is -0.136. The number of hydrogen-bond donors (Lipinski definition) is 2. The van der Waals surface area contributed by atoms with E-state index in [9.17, 15) is 9.59 Å². The van der Waals surface area contributed by atoms with Crippen molar-refractivity contribution in [3.8, 4) is 0 Å². The SMILES string of the molecule is CN1[C@@H](CC(=O)N2CCOCC2)CC[C@H]1CNC(=O)c1cn[nH]n1. The number of carbonyl (C=O) groups is 2. The van der Waals surface area contributed by atoms with Gasteiger partial charge in [0.15, 0.2) is 5.69 Å². The van der Waals surface area contributed by atoms with Gasteiger partial charge in [0.05, 0.1) is 19.4 Å². The second kappa shape index (κ2) is 7.71. The molecule has 1 aromatic heterocycles. The molecule has 2 fully saturated rings. The normalized spacial score (nSPS) is 25.0. The summed E-state index contributed by atoms with van der Waals surface area (Å²) < 4.78 is 5.29. The number of amides is 2. The van der Waals surface area contributed by atoms with E-state index in [1.54, 1.807) is 0 Å². The van der Waals surface area contributed by atoms with E-state index in [1.807, 2.05) is 11.9 Å². The molecule has 24 heavy (non-hydrogen) atoms. The predicted octanol–water partition coefficient (Wildman–Crippen LogP) is -0.754. The molecule has 2 aliphatic heterocycles. The van der Waals surface area contributed by atoms with Crippen LogP contribution in [0.2, 0.25) is 0 Å². The van der Waals surface area contributed by atoms with Crippen LogP contribution >= 0.6 is 0 Å². The summed E-state index contributed by atoms with van der Waals surface area (Å²) >= 11 is 0. The number of rotatable bonds is 5. The average molecular weight is 336 g/mol. The van der Waals surface area contributed by atoms with Gasteiger partial charge in [0.1, 0.15) is 0 Å². The van der Waals surface area contributed by atoms with Crippen molar-refractivity contribution in [2.24, 2.45) is 0 Å². The molecule has 0 aliphatic carbocycles. The Balaban J connectivity index is 1.45. The number of carbonyl (C=O) groups excluding carboxylic acids is 2. The molecule has 0 radical (unpaired) electrons. The predicted molar refractivity (Wildman–Crippen MR) is 85.3 cm³/mol. The number of likely N-dealkylation sites (N-methyl/N-ethyl adjacent to an activating group) is 1. The summed E-state index contributed by atoms with van der Waals surface area (Å²) in [5, 5.41) is 12.7. The van der Waals surface area contributed by atoms with E-state index in [0.717, 1.165) is 12.8 Å². The zero-order valence-corrected chi connectivity index (χ0v) is 13.9. The number of morpholine rings is 1. The summed E-state index contributed by atoms with van der Waals surface area (Å²) in [6, 6.07) is 0.470. The van der Waals surface area contributed by atoms with E-state index in [0.29, 0.717) is 39.3 Å². The Morgan fingerprint density at radius 2 is 2.08 bits per heavy atom. The number of aromatic nitrogens is 3. The number of nitrogens with zero attached hydrogens (tertiary/aromatic N) is 4. The first kappa shape index (κ1) is 16.8. The highest BCUT2D eigenvalue weighted by Crippen LogP contribution is 2.25. The Labute approximate surface area is 140 Å². The summed E-state index contributed by atoms with van der Waals surface area (Å²) in [4.78, 5) is 28.4. The highest BCUT2D eigenvalue weighted by atomic mass is 16.5. The van der Waals surface area contributed by atoms with Crippen molar-refractivity contribution in [3.63, 3.8) is 0 Å². The average Bonchev–Trinajstić information content (AvgIpc) is 3.25. The first-order chi connectivity index (χ1) is 11.6. The fourth-order valence-corrected chi connectivity index (χ4v) is 3.34. The maximum atomic E-state index is 12.4. The van der Waals surface area contributed by atoms with Gasteiger partial charge in [-0.25, -0.2) is 0 Å². The molecule has 1 aromatic rings. The fourth-order valence-electron chi connectivity index (χ4n) is 3.34. The van der Waals surface area contributed by atoms with Gasteiger partial charge in [0.2, 0.25) is 5.91 Å². The third-order valence-corrected chi connectivity index (χ3v) is 4.90. The first-order valence-corrected chi connectivity index (χ1v) is 8.36.